The molecule has 0 saturated heterocycles. The van der Waals surface area contributed by atoms with Gasteiger partial charge in [0.25, 0.3) is 5.91 Å². The SMILES string of the molecule is O=C(Nc1ccccc1O)c1ccc(-n2cccn2)cc1. The summed E-state index contributed by atoms with van der Waals surface area (Å²) in [4.78, 5) is 12.1. The summed E-state index contributed by atoms with van der Waals surface area (Å²) < 4.78 is 1.71. The molecule has 3 rings (SSSR count). The highest BCUT2D eigenvalue weighted by molar-refractivity contribution is 6.05. The number of aromatic nitrogens is 2. The van der Waals surface area contributed by atoms with Crippen molar-refractivity contribution < 1.29 is 9.90 Å². The van der Waals surface area contributed by atoms with Crippen LogP contribution >= 0.6 is 0 Å². The Balaban J connectivity index is 1.78. The van der Waals surface area contributed by atoms with Gasteiger partial charge < -0.3 is 10.4 Å². The van der Waals surface area contributed by atoms with Crippen molar-refractivity contribution in [2.75, 3.05) is 5.32 Å². The van der Waals surface area contributed by atoms with Crippen molar-refractivity contribution in [3.8, 4) is 11.4 Å². The number of nitrogens with zero attached hydrogens (tertiary/aromatic N) is 2. The normalized spacial score (nSPS) is 10.3. The lowest BCUT2D eigenvalue weighted by Gasteiger charge is -2.07. The minimum absolute atomic E-state index is 0.0408. The first-order valence-electron chi connectivity index (χ1n) is 6.43. The number of benzene rings is 2. The molecule has 0 aliphatic heterocycles. The van der Waals surface area contributed by atoms with Crippen LogP contribution in [-0.2, 0) is 0 Å². The second-order valence-electron chi connectivity index (χ2n) is 4.47. The van der Waals surface area contributed by atoms with Gasteiger partial charge >= 0.3 is 0 Å². The van der Waals surface area contributed by atoms with E-state index in [-0.39, 0.29) is 11.7 Å². The van der Waals surface area contributed by atoms with E-state index < -0.39 is 0 Å². The van der Waals surface area contributed by atoms with Gasteiger partial charge in [0.2, 0.25) is 0 Å². The molecule has 0 bridgehead atoms. The quantitative estimate of drug-likeness (QED) is 0.724. The first-order valence-corrected chi connectivity index (χ1v) is 6.43. The molecule has 0 aliphatic carbocycles. The van der Waals surface area contributed by atoms with Crippen molar-refractivity contribution in [1.29, 1.82) is 0 Å². The maximum absolute atomic E-state index is 12.1. The fraction of sp³-hybridized carbons (Fsp3) is 0. The highest BCUT2D eigenvalue weighted by Crippen LogP contribution is 2.22. The Morgan fingerprint density at radius 1 is 1.05 bits per heavy atom. The zero-order valence-corrected chi connectivity index (χ0v) is 11.1. The van der Waals surface area contributed by atoms with Gasteiger partial charge in [-0.2, -0.15) is 5.10 Å². The Kier molecular flexibility index (Phi) is 3.39. The van der Waals surface area contributed by atoms with E-state index in [1.54, 1.807) is 41.2 Å². The zero-order valence-electron chi connectivity index (χ0n) is 11.1. The van der Waals surface area contributed by atoms with Gasteiger partial charge in [-0.3, -0.25) is 4.79 Å². The molecule has 5 nitrogen and oxygen atoms in total. The number of para-hydroxylation sites is 2. The van der Waals surface area contributed by atoms with Gasteiger partial charge in [0.15, 0.2) is 0 Å². The van der Waals surface area contributed by atoms with E-state index in [9.17, 15) is 9.90 Å². The molecule has 1 heterocycles. The van der Waals surface area contributed by atoms with Crippen LogP contribution in [0.4, 0.5) is 5.69 Å². The van der Waals surface area contributed by atoms with Gasteiger partial charge in [-0.05, 0) is 42.5 Å². The number of nitrogens with one attached hydrogen (secondary N) is 1. The maximum Gasteiger partial charge on any atom is 0.255 e. The molecule has 0 radical (unpaired) electrons. The summed E-state index contributed by atoms with van der Waals surface area (Å²) in [7, 11) is 0. The molecular weight excluding hydrogens is 266 g/mol. The summed E-state index contributed by atoms with van der Waals surface area (Å²) in [5.74, 6) is -0.234. The number of carbonyl (C=O) groups is 1. The van der Waals surface area contributed by atoms with Crippen LogP contribution in [0.15, 0.2) is 67.0 Å². The molecule has 1 aromatic heterocycles. The number of phenolic OH excluding ortho intramolecular Hbond substituents is 1. The van der Waals surface area contributed by atoms with Gasteiger partial charge in [0.05, 0.1) is 11.4 Å². The lowest BCUT2D eigenvalue weighted by atomic mass is 10.2. The average Bonchev–Trinajstić information content (AvgIpc) is 3.04. The maximum atomic E-state index is 12.1. The van der Waals surface area contributed by atoms with Gasteiger partial charge in [0.1, 0.15) is 5.75 Å². The van der Waals surface area contributed by atoms with Crippen LogP contribution in [0.25, 0.3) is 5.69 Å². The number of hydrogen-bond donors (Lipinski definition) is 2. The van der Waals surface area contributed by atoms with E-state index in [1.807, 2.05) is 24.4 Å². The molecule has 0 aliphatic rings. The van der Waals surface area contributed by atoms with Crippen molar-refractivity contribution in [2.45, 2.75) is 0 Å². The molecule has 21 heavy (non-hydrogen) atoms. The summed E-state index contributed by atoms with van der Waals surface area (Å²) in [6, 6.07) is 15.5. The second kappa shape index (κ2) is 5.50. The van der Waals surface area contributed by atoms with Gasteiger partial charge in [-0.1, -0.05) is 12.1 Å². The van der Waals surface area contributed by atoms with Crippen molar-refractivity contribution in [3.05, 3.63) is 72.6 Å². The third-order valence-corrected chi connectivity index (χ3v) is 3.05. The van der Waals surface area contributed by atoms with E-state index >= 15 is 0 Å². The third-order valence-electron chi connectivity index (χ3n) is 3.05. The van der Waals surface area contributed by atoms with Crippen LogP contribution < -0.4 is 5.32 Å². The Hall–Kier alpha value is -3.08. The minimum atomic E-state index is -0.275. The lowest BCUT2D eigenvalue weighted by molar-refractivity contribution is 0.102. The van der Waals surface area contributed by atoms with Crippen molar-refractivity contribution in [3.63, 3.8) is 0 Å². The van der Waals surface area contributed by atoms with Crippen LogP contribution in [0.1, 0.15) is 10.4 Å². The molecule has 2 aromatic carbocycles. The standard InChI is InChI=1S/C16H13N3O2/c20-15-5-2-1-4-14(15)18-16(21)12-6-8-13(9-7-12)19-11-3-10-17-19/h1-11,20H,(H,18,21). The molecule has 3 aromatic rings. The van der Waals surface area contributed by atoms with Crippen molar-refractivity contribution in [1.82, 2.24) is 9.78 Å². The van der Waals surface area contributed by atoms with Gasteiger partial charge in [-0.15, -0.1) is 0 Å². The Morgan fingerprint density at radius 2 is 1.81 bits per heavy atom. The minimum Gasteiger partial charge on any atom is -0.506 e. The summed E-state index contributed by atoms with van der Waals surface area (Å²) in [6.45, 7) is 0. The Bertz CT molecular complexity index is 749. The van der Waals surface area contributed by atoms with E-state index in [0.29, 0.717) is 11.3 Å². The molecule has 1 amide bonds. The first-order chi connectivity index (χ1) is 10.2. The van der Waals surface area contributed by atoms with Crippen molar-refractivity contribution >= 4 is 11.6 Å². The monoisotopic (exact) mass is 279 g/mol. The zero-order chi connectivity index (χ0) is 14.7. The number of rotatable bonds is 3. The van der Waals surface area contributed by atoms with Crippen molar-refractivity contribution in [2.24, 2.45) is 0 Å². The second-order valence-corrected chi connectivity index (χ2v) is 4.47. The third kappa shape index (κ3) is 2.76. The van der Waals surface area contributed by atoms with E-state index in [2.05, 4.69) is 10.4 Å². The molecule has 0 spiro atoms. The molecule has 0 saturated carbocycles. The summed E-state index contributed by atoms with van der Waals surface area (Å²) in [5, 5.41) is 16.4. The molecular formula is C16H13N3O2. The highest BCUT2D eigenvalue weighted by Gasteiger charge is 2.08. The van der Waals surface area contributed by atoms with Crippen LogP contribution in [0, 0.1) is 0 Å². The fourth-order valence-corrected chi connectivity index (χ4v) is 1.96. The predicted molar refractivity (Wildman–Crippen MR) is 79.6 cm³/mol. The van der Waals surface area contributed by atoms with E-state index in [0.717, 1.165) is 5.69 Å². The number of hydrogen-bond acceptors (Lipinski definition) is 3. The van der Waals surface area contributed by atoms with E-state index in [4.69, 9.17) is 0 Å². The molecule has 2 N–H and O–H groups in total. The van der Waals surface area contributed by atoms with Crippen LogP contribution in [0.3, 0.4) is 0 Å². The number of amides is 1. The highest BCUT2D eigenvalue weighted by atomic mass is 16.3. The lowest BCUT2D eigenvalue weighted by Crippen LogP contribution is -2.12. The van der Waals surface area contributed by atoms with Gasteiger partial charge in [-0.25, -0.2) is 4.68 Å². The number of phenols is 1. The summed E-state index contributed by atoms with van der Waals surface area (Å²) in [6.07, 6.45) is 3.52. The number of anilines is 1. The predicted octanol–water partition coefficient (Wildman–Crippen LogP) is 2.83. The average molecular weight is 279 g/mol. The first kappa shape index (κ1) is 12.9. The van der Waals surface area contributed by atoms with E-state index in [1.165, 1.54) is 6.07 Å². The van der Waals surface area contributed by atoms with Crippen LogP contribution in [0.2, 0.25) is 0 Å². The molecule has 0 atom stereocenters. The molecule has 0 fully saturated rings. The smallest absolute Gasteiger partial charge is 0.255 e. The molecule has 104 valence electrons. The summed E-state index contributed by atoms with van der Waals surface area (Å²) >= 11 is 0. The Morgan fingerprint density at radius 3 is 2.48 bits per heavy atom. The topological polar surface area (TPSA) is 67.2 Å². The number of carbonyl (C=O) groups excluding carboxylic acids is 1. The Labute approximate surface area is 121 Å². The van der Waals surface area contributed by atoms with Gasteiger partial charge in [0, 0.05) is 18.0 Å². The summed E-state index contributed by atoms with van der Waals surface area (Å²) in [5.41, 5.74) is 1.77. The molecule has 0 unspecified atom stereocenters. The largest absolute Gasteiger partial charge is 0.506 e. The fourth-order valence-electron chi connectivity index (χ4n) is 1.96. The van der Waals surface area contributed by atoms with Crippen LogP contribution in [0.5, 0.6) is 5.75 Å². The number of aromatic hydroxyl groups is 1. The van der Waals surface area contributed by atoms with Crippen LogP contribution in [-0.4, -0.2) is 20.8 Å². The molecule has 5 heteroatoms.